The van der Waals surface area contributed by atoms with Gasteiger partial charge in [-0.2, -0.15) is 0 Å². The van der Waals surface area contributed by atoms with Crippen molar-refractivity contribution >= 4 is 29.2 Å². The van der Waals surface area contributed by atoms with Crippen molar-refractivity contribution < 1.29 is 24.1 Å². The fraction of sp³-hybridized carbons (Fsp3) is 0.167. The fourth-order valence-corrected chi connectivity index (χ4v) is 1.77. The zero-order valence-electron chi connectivity index (χ0n) is 11.7. The third kappa shape index (κ3) is 3.93. The van der Waals surface area contributed by atoms with Gasteiger partial charge in [-0.3, -0.25) is 10.7 Å². The first-order chi connectivity index (χ1) is 10.9. The summed E-state index contributed by atoms with van der Waals surface area (Å²) in [5, 5.41) is 25.1. The van der Waals surface area contributed by atoms with Crippen LogP contribution in [0, 0.1) is 5.82 Å². The molecule has 11 heteroatoms. The van der Waals surface area contributed by atoms with Crippen LogP contribution in [-0.2, 0) is 6.54 Å². The van der Waals surface area contributed by atoms with Crippen LogP contribution < -0.4 is 5.48 Å². The highest BCUT2D eigenvalue weighted by molar-refractivity contribution is 6.31. The largest absolute Gasteiger partial charge is 0.465 e. The first kappa shape index (κ1) is 16.6. The van der Waals surface area contributed by atoms with Crippen LogP contribution in [0.3, 0.4) is 0 Å². The van der Waals surface area contributed by atoms with Crippen LogP contribution in [0.5, 0.6) is 0 Å². The highest BCUT2D eigenvalue weighted by atomic mass is 35.5. The third-order valence-corrected chi connectivity index (χ3v) is 3.03. The summed E-state index contributed by atoms with van der Waals surface area (Å²) in [6, 6.07) is 3.68. The number of nitrogens with zero attached hydrogens (tertiary/aromatic N) is 4. The summed E-state index contributed by atoms with van der Waals surface area (Å²) < 4.78 is 17.7. The third-order valence-electron chi connectivity index (χ3n) is 2.74. The van der Waals surface area contributed by atoms with Crippen LogP contribution in [0.25, 0.3) is 0 Å². The number of hydroxylamine groups is 1. The van der Waals surface area contributed by atoms with Crippen molar-refractivity contribution in [2.24, 2.45) is 4.99 Å². The van der Waals surface area contributed by atoms with Crippen molar-refractivity contribution in [3.63, 3.8) is 0 Å². The zero-order chi connectivity index (χ0) is 17.0. The summed E-state index contributed by atoms with van der Waals surface area (Å²) in [6.45, 7) is -0.140. The average molecular weight is 344 g/mol. The number of aliphatic imine (C=N–C) groups is 1. The molecule has 1 amide bonds. The van der Waals surface area contributed by atoms with Gasteiger partial charge < -0.3 is 10.0 Å². The molecule has 1 aromatic carbocycles. The number of carboxylic acid groups (broad SMARTS) is 1. The first-order valence-corrected chi connectivity index (χ1v) is 6.50. The van der Waals surface area contributed by atoms with Crippen molar-refractivity contribution in [3.05, 3.63) is 40.4 Å². The minimum atomic E-state index is -1.18. The summed E-state index contributed by atoms with van der Waals surface area (Å²) in [6.07, 6.45) is -1.18. The monoisotopic (exact) mass is 343 g/mol. The summed E-state index contributed by atoms with van der Waals surface area (Å²) in [5.41, 5.74) is 2.17. The predicted octanol–water partition coefficient (Wildman–Crippen LogP) is 2.03. The van der Waals surface area contributed by atoms with Gasteiger partial charge in [0, 0.05) is 7.05 Å². The second kappa shape index (κ2) is 7.03. The van der Waals surface area contributed by atoms with Gasteiger partial charge in [-0.05, 0) is 23.4 Å². The van der Waals surface area contributed by atoms with Gasteiger partial charge in [-0.1, -0.05) is 16.8 Å². The van der Waals surface area contributed by atoms with Crippen LogP contribution >= 0.6 is 11.6 Å². The summed E-state index contributed by atoms with van der Waals surface area (Å²) >= 11 is 5.65. The molecule has 2 rings (SSSR count). The number of nitrogens with one attached hydrogen (secondary N) is 1. The van der Waals surface area contributed by atoms with Crippen molar-refractivity contribution in [2.75, 3.05) is 7.05 Å². The molecule has 0 fully saturated rings. The number of hydrogen-bond acceptors (Lipinski definition) is 6. The van der Waals surface area contributed by atoms with E-state index in [0.29, 0.717) is 0 Å². The van der Waals surface area contributed by atoms with Gasteiger partial charge in [0.2, 0.25) is 0 Å². The molecule has 0 saturated carbocycles. The van der Waals surface area contributed by atoms with Crippen LogP contribution in [0.4, 0.5) is 14.9 Å². The lowest BCUT2D eigenvalue weighted by atomic mass is 10.2. The topological polar surface area (TPSA) is 124 Å². The van der Waals surface area contributed by atoms with Crippen LogP contribution in [-0.4, -0.2) is 44.5 Å². The zero-order valence-corrected chi connectivity index (χ0v) is 12.5. The van der Waals surface area contributed by atoms with Gasteiger partial charge >= 0.3 is 6.09 Å². The Balaban J connectivity index is 2.34. The van der Waals surface area contributed by atoms with E-state index in [1.807, 2.05) is 5.48 Å². The quantitative estimate of drug-likeness (QED) is 0.440. The highest BCUT2D eigenvalue weighted by Gasteiger charge is 2.19. The molecular formula is C12H11ClFN5O4. The van der Waals surface area contributed by atoms with E-state index in [0.717, 1.165) is 11.0 Å². The summed E-state index contributed by atoms with van der Waals surface area (Å²) in [7, 11) is 1.32. The molecule has 9 nitrogen and oxygen atoms in total. The molecule has 122 valence electrons. The van der Waals surface area contributed by atoms with Crippen molar-refractivity contribution in [1.82, 2.24) is 20.7 Å². The number of rotatable bonds is 4. The second-order valence-electron chi connectivity index (χ2n) is 4.37. The maximum Gasteiger partial charge on any atom is 0.407 e. The van der Waals surface area contributed by atoms with E-state index in [2.05, 4.69) is 19.9 Å². The molecule has 0 unspecified atom stereocenters. The normalized spacial score (nSPS) is 11.4. The van der Waals surface area contributed by atoms with E-state index in [1.165, 1.54) is 19.2 Å². The Hall–Kier alpha value is -2.72. The smallest absolute Gasteiger partial charge is 0.407 e. The minimum Gasteiger partial charge on any atom is -0.465 e. The first-order valence-electron chi connectivity index (χ1n) is 6.12. The van der Waals surface area contributed by atoms with Crippen molar-refractivity contribution in [2.45, 2.75) is 6.54 Å². The molecule has 0 atom stereocenters. The molecular weight excluding hydrogens is 333 g/mol. The lowest BCUT2D eigenvalue weighted by Gasteiger charge is -2.11. The highest BCUT2D eigenvalue weighted by Crippen LogP contribution is 2.22. The molecule has 0 spiro atoms. The number of aromatic nitrogens is 2. The molecule has 23 heavy (non-hydrogen) atoms. The molecule has 0 aliphatic rings. The Kier molecular flexibility index (Phi) is 5.09. The van der Waals surface area contributed by atoms with Gasteiger partial charge in [0.05, 0.1) is 17.3 Å². The fourth-order valence-electron chi connectivity index (χ4n) is 1.60. The van der Waals surface area contributed by atoms with Crippen molar-refractivity contribution in [1.29, 1.82) is 0 Å². The molecule has 0 aliphatic carbocycles. The lowest BCUT2D eigenvalue weighted by Crippen LogP contribution is -2.27. The minimum absolute atomic E-state index is 0.000970. The SMILES string of the molecule is CN(Cc1nonc1C(=Nc1ccc(F)c(Cl)c1)NO)C(=O)O. The predicted molar refractivity (Wildman–Crippen MR) is 76.3 cm³/mol. The summed E-state index contributed by atoms with van der Waals surface area (Å²) in [5.74, 6) is -0.779. The second-order valence-corrected chi connectivity index (χ2v) is 4.78. The Morgan fingerprint density at radius 3 is 2.87 bits per heavy atom. The Bertz CT molecular complexity index is 751. The molecule has 3 N–H and O–H groups in total. The van der Waals surface area contributed by atoms with Gasteiger partial charge in [-0.15, -0.1) is 0 Å². The number of benzene rings is 1. The maximum absolute atomic E-state index is 13.1. The van der Waals surface area contributed by atoms with Gasteiger partial charge in [-0.25, -0.2) is 18.8 Å². The van der Waals surface area contributed by atoms with Crippen LogP contribution in [0.15, 0.2) is 27.8 Å². The van der Waals surface area contributed by atoms with E-state index in [1.54, 1.807) is 0 Å². The molecule has 0 aliphatic heterocycles. The molecule has 0 saturated heterocycles. The lowest BCUT2D eigenvalue weighted by molar-refractivity contribution is 0.152. The van der Waals surface area contributed by atoms with Crippen molar-refractivity contribution in [3.8, 4) is 0 Å². The van der Waals surface area contributed by atoms with Gasteiger partial charge in [0.1, 0.15) is 11.5 Å². The Labute approximate surface area is 133 Å². The number of amides is 1. The molecule has 1 heterocycles. The van der Waals surface area contributed by atoms with Gasteiger partial charge in [0.15, 0.2) is 11.5 Å². The van der Waals surface area contributed by atoms with E-state index >= 15 is 0 Å². The Morgan fingerprint density at radius 1 is 1.52 bits per heavy atom. The van der Waals surface area contributed by atoms with E-state index in [4.69, 9.17) is 16.7 Å². The molecule has 0 radical (unpaired) electrons. The Morgan fingerprint density at radius 2 is 2.26 bits per heavy atom. The summed E-state index contributed by atoms with van der Waals surface area (Å²) in [4.78, 5) is 15.8. The average Bonchev–Trinajstić information content (AvgIpc) is 2.96. The van der Waals surface area contributed by atoms with Crippen LogP contribution in [0.2, 0.25) is 5.02 Å². The van der Waals surface area contributed by atoms with Crippen LogP contribution in [0.1, 0.15) is 11.4 Å². The van der Waals surface area contributed by atoms with E-state index < -0.39 is 11.9 Å². The standard InChI is InChI=1S/C12H11ClFN5O4/c1-19(12(20)21)5-9-10(18-23-17-9)11(16-22)15-6-2-3-8(14)7(13)4-6/h2-4,22H,5H2,1H3,(H,15,16)(H,20,21). The number of hydrogen-bond donors (Lipinski definition) is 3. The van der Waals surface area contributed by atoms with E-state index in [9.17, 15) is 14.4 Å². The van der Waals surface area contributed by atoms with Gasteiger partial charge in [0.25, 0.3) is 0 Å². The molecule has 1 aromatic heterocycles. The number of carbonyl (C=O) groups is 1. The number of halogens is 2. The molecule has 0 bridgehead atoms. The molecule has 2 aromatic rings. The van der Waals surface area contributed by atoms with E-state index in [-0.39, 0.29) is 34.5 Å². The number of amidine groups is 1. The maximum atomic E-state index is 13.1.